The zero-order valence-electron chi connectivity index (χ0n) is 12.6. The molecule has 1 aromatic carbocycles. The lowest BCUT2D eigenvalue weighted by Gasteiger charge is -2.09. The van der Waals surface area contributed by atoms with Gasteiger partial charge in [-0.3, -0.25) is 4.79 Å². The van der Waals surface area contributed by atoms with Gasteiger partial charge in [0.25, 0.3) is 5.91 Å². The normalized spacial score (nSPS) is 12.2. The molecular formula is C16H21N3O2. The molecule has 1 aromatic heterocycles. The molecule has 112 valence electrons. The number of rotatable bonds is 5. The van der Waals surface area contributed by atoms with Gasteiger partial charge in [0, 0.05) is 6.54 Å². The summed E-state index contributed by atoms with van der Waals surface area (Å²) in [5.74, 6) is -0.159. The fourth-order valence-electron chi connectivity index (χ4n) is 2.17. The smallest absolute Gasteiger partial charge is 0.254 e. The summed E-state index contributed by atoms with van der Waals surface area (Å²) in [4.78, 5) is 12.1. The van der Waals surface area contributed by atoms with Gasteiger partial charge in [-0.2, -0.15) is 5.10 Å². The molecule has 1 amide bonds. The van der Waals surface area contributed by atoms with Gasteiger partial charge in [0.15, 0.2) is 0 Å². The minimum Gasteiger partial charge on any atom is -0.393 e. The van der Waals surface area contributed by atoms with Crippen LogP contribution >= 0.6 is 0 Å². The van der Waals surface area contributed by atoms with Crippen LogP contribution in [0.4, 0.5) is 0 Å². The summed E-state index contributed by atoms with van der Waals surface area (Å²) in [6.07, 6.45) is 1.71. The molecule has 5 nitrogen and oxygen atoms in total. The second-order valence-electron chi connectivity index (χ2n) is 5.24. The number of aliphatic hydroxyl groups is 1. The van der Waals surface area contributed by atoms with Crippen LogP contribution in [0.2, 0.25) is 0 Å². The number of nitrogens with zero attached hydrogens (tertiary/aromatic N) is 2. The Hall–Kier alpha value is -2.14. The summed E-state index contributed by atoms with van der Waals surface area (Å²) >= 11 is 0. The van der Waals surface area contributed by atoms with E-state index in [0.717, 1.165) is 16.9 Å². The standard InChI is InChI=1S/C16H21N3O2/c1-11-6-4-5-7-15(11)19-13(3)14(10-18-19)16(21)17-9-8-12(2)20/h4-7,10,12,20H,8-9H2,1-3H3,(H,17,21). The minimum absolute atomic E-state index is 0.159. The van der Waals surface area contributed by atoms with Crippen molar-refractivity contribution in [2.45, 2.75) is 33.3 Å². The molecular weight excluding hydrogens is 266 g/mol. The Morgan fingerprint density at radius 1 is 1.38 bits per heavy atom. The maximum Gasteiger partial charge on any atom is 0.254 e. The van der Waals surface area contributed by atoms with Crippen molar-refractivity contribution in [3.8, 4) is 5.69 Å². The first kappa shape index (κ1) is 15.3. The van der Waals surface area contributed by atoms with Crippen LogP contribution < -0.4 is 5.32 Å². The van der Waals surface area contributed by atoms with E-state index < -0.39 is 6.10 Å². The molecule has 5 heteroatoms. The number of carbonyl (C=O) groups is 1. The van der Waals surface area contributed by atoms with Crippen LogP contribution in [-0.2, 0) is 0 Å². The number of aryl methyl sites for hydroxylation is 1. The first-order chi connectivity index (χ1) is 10.0. The van der Waals surface area contributed by atoms with Gasteiger partial charge in [-0.1, -0.05) is 18.2 Å². The van der Waals surface area contributed by atoms with Gasteiger partial charge in [0.05, 0.1) is 29.2 Å². The van der Waals surface area contributed by atoms with E-state index in [0.29, 0.717) is 18.5 Å². The van der Waals surface area contributed by atoms with E-state index in [1.165, 1.54) is 0 Å². The number of benzene rings is 1. The van der Waals surface area contributed by atoms with Crippen molar-refractivity contribution in [2.24, 2.45) is 0 Å². The van der Waals surface area contributed by atoms with E-state index in [1.807, 2.05) is 38.1 Å². The van der Waals surface area contributed by atoms with Gasteiger partial charge < -0.3 is 10.4 Å². The number of para-hydroxylation sites is 1. The van der Waals surface area contributed by atoms with Crippen LogP contribution in [0.1, 0.15) is 35.0 Å². The van der Waals surface area contributed by atoms with Crippen LogP contribution in [0.5, 0.6) is 0 Å². The second-order valence-corrected chi connectivity index (χ2v) is 5.24. The third-order valence-corrected chi connectivity index (χ3v) is 3.45. The van der Waals surface area contributed by atoms with Crippen molar-refractivity contribution in [2.75, 3.05) is 6.54 Å². The largest absolute Gasteiger partial charge is 0.393 e. The van der Waals surface area contributed by atoms with Crippen molar-refractivity contribution in [3.63, 3.8) is 0 Å². The van der Waals surface area contributed by atoms with Gasteiger partial charge >= 0.3 is 0 Å². The lowest BCUT2D eigenvalue weighted by molar-refractivity contribution is 0.0945. The first-order valence-corrected chi connectivity index (χ1v) is 7.07. The summed E-state index contributed by atoms with van der Waals surface area (Å²) in [5, 5.41) is 16.3. The van der Waals surface area contributed by atoms with Crippen molar-refractivity contribution in [1.29, 1.82) is 0 Å². The second kappa shape index (κ2) is 6.54. The zero-order valence-corrected chi connectivity index (χ0v) is 12.6. The van der Waals surface area contributed by atoms with E-state index in [9.17, 15) is 9.90 Å². The van der Waals surface area contributed by atoms with Gasteiger partial charge in [-0.25, -0.2) is 4.68 Å². The van der Waals surface area contributed by atoms with E-state index in [4.69, 9.17) is 0 Å². The average Bonchev–Trinajstić information content (AvgIpc) is 2.80. The molecule has 0 spiro atoms. The maximum atomic E-state index is 12.1. The number of amides is 1. The lowest BCUT2D eigenvalue weighted by atomic mass is 10.2. The van der Waals surface area contributed by atoms with Crippen LogP contribution in [0, 0.1) is 13.8 Å². The summed E-state index contributed by atoms with van der Waals surface area (Å²) in [5.41, 5.74) is 3.44. The number of carbonyl (C=O) groups excluding carboxylic acids is 1. The third-order valence-electron chi connectivity index (χ3n) is 3.45. The summed E-state index contributed by atoms with van der Waals surface area (Å²) in [6.45, 7) is 6.04. The molecule has 0 aliphatic carbocycles. The average molecular weight is 287 g/mol. The van der Waals surface area contributed by atoms with Crippen LogP contribution in [-0.4, -0.2) is 33.4 Å². The lowest BCUT2D eigenvalue weighted by Crippen LogP contribution is -2.26. The number of hydrogen-bond acceptors (Lipinski definition) is 3. The number of aliphatic hydroxyl groups excluding tert-OH is 1. The molecule has 0 aliphatic rings. The molecule has 0 aliphatic heterocycles. The molecule has 2 aromatic rings. The molecule has 21 heavy (non-hydrogen) atoms. The Kier molecular flexibility index (Phi) is 4.75. The van der Waals surface area contributed by atoms with Crippen molar-refractivity contribution < 1.29 is 9.90 Å². The Morgan fingerprint density at radius 3 is 2.76 bits per heavy atom. The fraction of sp³-hybridized carbons (Fsp3) is 0.375. The van der Waals surface area contributed by atoms with Gasteiger partial charge in [0.1, 0.15) is 0 Å². The molecule has 1 heterocycles. The highest BCUT2D eigenvalue weighted by molar-refractivity contribution is 5.95. The zero-order chi connectivity index (χ0) is 15.4. The van der Waals surface area contributed by atoms with Crippen molar-refractivity contribution in [1.82, 2.24) is 15.1 Å². The Morgan fingerprint density at radius 2 is 2.10 bits per heavy atom. The van der Waals surface area contributed by atoms with Crippen molar-refractivity contribution in [3.05, 3.63) is 47.3 Å². The molecule has 1 atom stereocenters. The summed E-state index contributed by atoms with van der Waals surface area (Å²) in [6, 6.07) is 7.91. The molecule has 2 N–H and O–H groups in total. The van der Waals surface area contributed by atoms with E-state index in [-0.39, 0.29) is 5.91 Å². The topological polar surface area (TPSA) is 67.2 Å². The third kappa shape index (κ3) is 3.49. The molecule has 2 rings (SSSR count). The quantitative estimate of drug-likeness (QED) is 0.883. The highest BCUT2D eigenvalue weighted by atomic mass is 16.3. The Balaban J connectivity index is 2.17. The van der Waals surface area contributed by atoms with Gasteiger partial charge in [-0.05, 0) is 38.8 Å². The summed E-state index contributed by atoms with van der Waals surface area (Å²) < 4.78 is 1.78. The monoisotopic (exact) mass is 287 g/mol. The Bertz CT molecular complexity index is 632. The van der Waals surface area contributed by atoms with E-state index >= 15 is 0 Å². The predicted molar refractivity (Wildman–Crippen MR) is 81.7 cm³/mol. The van der Waals surface area contributed by atoms with Crippen LogP contribution in [0.3, 0.4) is 0 Å². The van der Waals surface area contributed by atoms with Gasteiger partial charge in [-0.15, -0.1) is 0 Å². The molecule has 0 saturated carbocycles. The molecule has 1 unspecified atom stereocenters. The van der Waals surface area contributed by atoms with Crippen LogP contribution in [0.15, 0.2) is 30.5 Å². The molecule has 0 radical (unpaired) electrons. The fourth-order valence-corrected chi connectivity index (χ4v) is 2.17. The molecule has 0 fully saturated rings. The summed E-state index contributed by atoms with van der Waals surface area (Å²) in [7, 11) is 0. The van der Waals surface area contributed by atoms with E-state index in [1.54, 1.807) is 17.8 Å². The van der Waals surface area contributed by atoms with Gasteiger partial charge in [0.2, 0.25) is 0 Å². The van der Waals surface area contributed by atoms with Crippen molar-refractivity contribution >= 4 is 5.91 Å². The highest BCUT2D eigenvalue weighted by Crippen LogP contribution is 2.17. The van der Waals surface area contributed by atoms with Crippen LogP contribution in [0.25, 0.3) is 5.69 Å². The minimum atomic E-state index is -0.416. The Labute approximate surface area is 124 Å². The molecule has 0 saturated heterocycles. The molecule has 0 bridgehead atoms. The SMILES string of the molecule is Cc1ccccc1-n1ncc(C(=O)NCCC(C)O)c1C. The highest BCUT2D eigenvalue weighted by Gasteiger charge is 2.15. The number of hydrogen-bond donors (Lipinski definition) is 2. The van der Waals surface area contributed by atoms with E-state index in [2.05, 4.69) is 10.4 Å². The predicted octanol–water partition coefficient (Wildman–Crippen LogP) is 1.99. The number of aromatic nitrogens is 2. The first-order valence-electron chi connectivity index (χ1n) is 7.07. The number of nitrogens with one attached hydrogen (secondary N) is 1. The maximum absolute atomic E-state index is 12.1.